The first-order valence-electron chi connectivity index (χ1n) is 7.67. The number of nitrogens with two attached hydrogens (primary N) is 1. The van der Waals surface area contributed by atoms with Gasteiger partial charge in [-0.3, -0.25) is 14.5 Å². The van der Waals surface area contributed by atoms with Crippen molar-refractivity contribution in [3.05, 3.63) is 28.0 Å². The Hall–Kier alpha value is -1.44. The molecule has 3 rings (SSSR count). The van der Waals surface area contributed by atoms with Gasteiger partial charge >= 0.3 is 0 Å². The molecule has 22 heavy (non-hydrogen) atoms. The largest absolute Gasteiger partial charge is 0.375 e. The van der Waals surface area contributed by atoms with Gasteiger partial charge in [-0.1, -0.05) is 0 Å². The van der Waals surface area contributed by atoms with E-state index in [0.29, 0.717) is 5.13 Å². The first-order chi connectivity index (χ1) is 10.5. The molecule has 0 aromatic carbocycles. The number of piperazine rings is 1. The summed E-state index contributed by atoms with van der Waals surface area (Å²) in [5.74, 6) is 0. The monoisotopic (exact) mass is 320 g/mol. The van der Waals surface area contributed by atoms with E-state index in [4.69, 9.17) is 5.73 Å². The molecule has 1 fully saturated rings. The summed E-state index contributed by atoms with van der Waals surface area (Å²) >= 11 is 1.59. The standard InChI is InChI=1S/C15H24N6S/c1-11-14(12(2)19(3)18-11)10-21-6-4-20(5-7-21)9-13-8-17-15(16)22-13/h8H,4-7,9-10H2,1-3H3,(H2,16,17). The van der Waals surface area contributed by atoms with Crippen LogP contribution in [-0.4, -0.2) is 50.7 Å². The van der Waals surface area contributed by atoms with E-state index >= 15 is 0 Å². The summed E-state index contributed by atoms with van der Waals surface area (Å²) < 4.78 is 1.98. The van der Waals surface area contributed by atoms with Crippen molar-refractivity contribution in [3.8, 4) is 0 Å². The molecule has 0 aliphatic carbocycles. The van der Waals surface area contributed by atoms with Gasteiger partial charge in [0.15, 0.2) is 5.13 Å². The first-order valence-corrected chi connectivity index (χ1v) is 8.48. The van der Waals surface area contributed by atoms with Crippen molar-refractivity contribution in [1.29, 1.82) is 0 Å². The molecule has 6 nitrogen and oxygen atoms in total. The van der Waals surface area contributed by atoms with Crippen LogP contribution in [0.15, 0.2) is 6.20 Å². The minimum absolute atomic E-state index is 0.663. The number of thiazole rings is 1. The number of nitrogens with zero attached hydrogens (tertiary/aromatic N) is 5. The number of rotatable bonds is 4. The maximum absolute atomic E-state index is 5.69. The van der Waals surface area contributed by atoms with Crippen molar-refractivity contribution in [2.24, 2.45) is 7.05 Å². The second kappa shape index (κ2) is 6.36. The zero-order chi connectivity index (χ0) is 15.7. The van der Waals surface area contributed by atoms with Gasteiger partial charge in [0.05, 0.1) is 5.69 Å². The lowest BCUT2D eigenvalue weighted by atomic mass is 10.1. The van der Waals surface area contributed by atoms with Crippen molar-refractivity contribution in [3.63, 3.8) is 0 Å². The van der Waals surface area contributed by atoms with E-state index < -0.39 is 0 Å². The Morgan fingerprint density at radius 1 is 1.14 bits per heavy atom. The Morgan fingerprint density at radius 3 is 2.27 bits per heavy atom. The second-order valence-corrected chi connectivity index (χ2v) is 7.14. The number of hydrogen-bond donors (Lipinski definition) is 1. The average molecular weight is 320 g/mol. The molecule has 2 aromatic heterocycles. The summed E-state index contributed by atoms with van der Waals surface area (Å²) in [5.41, 5.74) is 9.51. The van der Waals surface area contributed by atoms with E-state index in [1.165, 1.54) is 16.1 Å². The highest BCUT2D eigenvalue weighted by Crippen LogP contribution is 2.19. The molecular weight excluding hydrogens is 296 g/mol. The van der Waals surface area contributed by atoms with Gasteiger partial charge in [0.1, 0.15) is 0 Å². The lowest BCUT2D eigenvalue weighted by Gasteiger charge is -2.34. The van der Waals surface area contributed by atoms with Crippen molar-refractivity contribution in [2.75, 3.05) is 31.9 Å². The van der Waals surface area contributed by atoms with Gasteiger partial charge in [0, 0.05) is 68.6 Å². The van der Waals surface area contributed by atoms with Crippen molar-refractivity contribution in [2.45, 2.75) is 26.9 Å². The van der Waals surface area contributed by atoms with Gasteiger partial charge < -0.3 is 5.73 Å². The number of anilines is 1. The average Bonchev–Trinajstić information content (AvgIpc) is 2.99. The van der Waals surface area contributed by atoms with Gasteiger partial charge in [-0.25, -0.2) is 4.98 Å². The van der Waals surface area contributed by atoms with Crippen LogP contribution in [-0.2, 0) is 20.1 Å². The third-order valence-corrected chi connectivity index (χ3v) is 5.27. The van der Waals surface area contributed by atoms with Crippen LogP contribution in [0.4, 0.5) is 5.13 Å². The van der Waals surface area contributed by atoms with Gasteiger partial charge in [0.25, 0.3) is 0 Å². The lowest BCUT2D eigenvalue weighted by molar-refractivity contribution is 0.122. The van der Waals surface area contributed by atoms with E-state index in [-0.39, 0.29) is 0 Å². The lowest BCUT2D eigenvalue weighted by Crippen LogP contribution is -2.45. The van der Waals surface area contributed by atoms with Crippen molar-refractivity contribution >= 4 is 16.5 Å². The SMILES string of the molecule is Cc1nn(C)c(C)c1CN1CCN(Cc2cnc(N)s2)CC1. The molecule has 0 amide bonds. The fourth-order valence-corrected chi connectivity index (χ4v) is 3.72. The molecule has 0 unspecified atom stereocenters. The van der Waals surface area contributed by atoms with E-state index in [9.17, 15) is 0 Å². The number of nitrogen functional groups attached to an aromatic ring is 1. The van der Waals surface area contributed by atoms with Crippen molar-refractivity contribution < 1.29 is 0 Å². The smallest absolute Gasteiger partial charge is 0.180 e. The van der Waals surface area contributed by atoms with Crippen molar-refractivity contribution in [1.82, 2.24) is 24.6 Å². The summed E-state index contributed by atoms with van der Waals surface area (Å²) in [6, 6.07) is 0. The summed E-state index contributed by atoms with van der Waals surface area (Å²) in [6.07, 6.45) is 1.90. The van der Waals surface area contributed by atoms with Gasteiger partial charge in [-0.05, 0) is 13.8 Å². The highest BCUT2D eigenvalue weighted by molar-refractivity contribution is 7.15. The quantitative estimate of drug-likeness (QED) is 0.922. The van der Waals surface area contributed by atoms with Crippen LogP contribution in [0.5, 0.6) is 0 Å². The minimum Gasteiger partial charge on any atom is -0.375 e. The molecule has 2 aromatic rings. The van der Waals surface area contributed by atoms with Crippen LogP contribution >= 0.6 is 11.3 Å². The van der Waals surface area contributed by atoms with E-state index in [1.54, 1.807) is 11.3 Å². The highest BCUT2D eigenvalue weighted by atomic mass is 32.1. The molecule has 0 atom stereocenters. The Bertz CT molecular complexity index is 638. The van der Waals surface area contributed by atoms with Crippen LogP contribution in [0.1, 0.15) is 21.8 Å². The predicted octanol–water partition coefficient (Wildman–Crippen LogP) is 1.39. The summed E-state index contributed by atoms with van der Waals surface area (Å²) in [7, 11) is 2.02. The molecule has 3 heterocycles. The molecule has 120 valence electrons. The molecule has 7 heteroatoms. The fourth-order valence-electron chi connectivity index (χ4n) is 2.99. The third-order valence-electron chi connectivity index (χ3n) is 4.46. The number of aromatic nitrogens is 3. The van der Waals surface area contributed by atoms with Crippen LogP contribution < -0.4 is 5.73 Å². The molecule has 1 saturated heterocycles. The fraction of sp³-hybridized carbons (Fsp3) is 0.600. The first kappa shape index (κ1) is 15.5. The maximum atomic E-state index is 5.69. The molecule has 0 spiro atoms. The molecule has 0 bridgehead atoms. The van der Waals surface area contributed by atoms with E-state index in [1.807, 2.05) is 17.9 Å². The van der Waals surface area contributed by atoms with Gasteiger partial charge in [-0.2, -0.15) is 5.10 Å². The Labute approximate surface area is 135 Å². The third kappa shape index (κ3) is 3.31. The van der Waals surface area contributed by atoms with Crippen LogP contribution in [0.2, 0.25) is 0 Å². The maximum Gasteiger partial charge on any atom is 0.180 e. The topological polar surface area (TPSA) is 63.2 Å². The van der Waals surface area contributed by atoms with E-state index in [2.05, 4.69) is 33.7 Å². The minimum atomic E-state index is 0.663. The van der Waals surface area contributed by atoms with Gasteiger partial charge in [-0.15, -0.1) is 11.3 Å². The van der Waals surface area contributed by atoms with Crippen LogP contribution in [0.3, 0.4) is 0 Å². The summed E-state index contributed by atoms with van der Waals surface area (Å²) in [6.45, 7) is 10.6. The molecule has 1 aliphatic heterocycles. The Morgan fingerprint density at radius 2 is 1.77 bits per heavy atom. The zero-order valence-corrected chi connectivity index (χ0v) is 14.4. The second-order valence-electron chi connectivity index (χ2n) is 5.99. The molecule has 0 radical (unpaired) electrons. The van der Waals surface area contributed by atoms with Crippen LogP contribution in [0.25, 0.3) is 0 Å². The van der Waals surface area contributed by atoms with Gasteiger partial charge in [0.2, 0.25) is 0 Å². The highest BCUT2D eigenvalue weighted by Gasteiger charge is 2.20. The zero-order valence-electron chi connectivity index (χ0n) is 13.5. The molecule has 2 N–H and O–H groups in total. The Balaban J connectivity index is 1.53. The summed E-state index contributed by atoms with van der Waals surface area (Å²) in [5, 5.41) is 5.17. The molecular formula is C15H24N6S. The van der Waals surface area contributed by atoms with Crippen LogP contribution in [0, 0.1) is 13.8 Å². The number of aryl methyl sites for hydroxylation is 2. The summed E-state index contributed by atoms with van der Waals surface area (Å²) in [4.78, 5) is 10.4. The molecule has 1 aliphatic rings. The Kier molecular flexibility index (Phi) is 4.46. The normalized spacial score (nSPS) is 17.2. The van der Waals surface area contributed by atoms with E-state index in [0.717, 1.165) is 45.0 Å². The number of hydrogen-bond acceptors (Lipinski definition) is 6. The molecule has 0 saturated carbocycles. The predicted molar refractivity (Wildman–Crippen MR) is 89.8 cm³/mol.